The summed E-state index contributed by atoms with van der Waals surface area (Å²) in [6.45, 7) is 4.25. The minimum atomic E-state index is -3.99. The third-order valence-electron chi connectivity index (χ3n) is 6.89. The van der Waals surface area contributed by atoms with Crippen LogP contribution in [0.25, 0.3) is 0 Å². The number of halogens is 1. The first-order chi connectivity index (χ1) is 19.6. The number of carbonyl (C=O) groups excluding carboxylic acids is 3. The molecule has 0 aliphatic carbocycles. The molecule has 3 aromatic carbocycles. The van der Waals surface area contributed by atoms with E-state index in [2.05, 4.69) is 5.32 Å². The lowest BCUT2D eigenvalue weighted by Crippen LogP contribution is -2.51. The zero-order valence-corrected chi connectivity index (χ0v) is 23.9. The fourth-order valence-corrected chi connectivity index (χ4v) is 6.34. The third-order valence-corrected chi connectivity index (χ3v) is 8.73. The molecule has 0 bridgehead atoms. The molecule has 0 fully saturated rings. The molecule has 10 heteroatoms. The quantitative estimate of drug-likeness (QED) is 0.347. The highest BCUT2D eigenvalue weighted by Gasteiger charge is 2.40. The maximum atomic E-state index is 13.7. The average Bonchev–Trinajstić information content (AvgIpc) is 3.15. The second-order valence-corrected chi connectivity index (χ2v) is 12.3. The van der Waals surface area contributed by atoms with Crippen LogP contribution in [-0.2, 0) is 32.6 Å². The van der Waals surface area contributed by atoms with Crippen LogP contribution in [0.3, 0.4) is 0 Å². The van der Waals surface area contributed by atoms with Crippen molar-refractivity contribution in [1.82, 2.24) is 14.5 Å². The number of amides is 3. The average molecular weight is 580 g/mol. The molecular weight excluding hydrogens is 545 g/mol. The van der Waals surface area contributed by atoms with Gasteiger partial charge in [0.05, 0.1) is 5.56 Å². The van der Waals surface area contributed by atoms with Crippen molar-refractivity contribution >= 4 is 27.7 Å². The van der Waals surface area contributed by atoms with E-state index in [4.69, 9.17) is 0 Å². The maximum absolute atomic E-state index is 13.7. The van der Waals surface area contributed by atoms with Crippen LogP contribution >= 0.6 is 0 Å². The monoisotopic (exact) mass is 579 g/mol. The molecule has 1 aliphatic rings. The van der Waals surface area contributed by atoms with Gasteiger partial charge in [0.25, 0.3) is 15.9 Å². The molecular formula is C31H34FN3O5S. The molecule has 0 saturated carbocycles. The zero-order chi connectivity index (χ0) is 29.6. The maximum Gasteiger partial charge on any atom is 0.269 e. The number of hydrogen-bond acceptors (Lipinski definition) is 5. The number of nitrogens with one attached hydrogen (secondary N) is 1. The van der Waals surface area contributed by atoms with E-state index >= 15 is 0 Å². The van der Waals surface area contributed by atoms with Crippen LogP contribution in [0.2, 0.25) is 0 Å². The summed E-state index contributed by atoms with van der Waals surface area (Å²) in [6.07, 6.45) is 0.231. The van der Waals surface area contributed by atoms with Gasteiger partial charge < -0.3 is 10.2 Å². The molecule has 0 unspecified atom stereocenters. The Labute approximate surface area is 240 Å². The number of sulfonamides is 1. The molecule has 3 amide bonds. The molecule has 0 spiro atoms. The summed E-state index contributed by atoms with van der Waals surface area (Å²) in [5.41, 5.74) is 1.62. The number of benzene rings is 3. The standard InChI is InChI=1S/C31H34FN3O5S/c1-22(2)20-33-30(37)27(19-23-9-4-3-5-10-23)34(21-24-14-16-25(32)17-15-24)29(36)13-8-18-35-31(38)26-11-6-7-12-28(26)41(35,39)40/h3-7,9-12,14-17,22,27H,8,13,18-21H2,1-2H3,(H,33,37)/t27-/m0/s1. The zero-order valence-electron chi connectivity index (χ0n) is 23.1. The normalized spacial score (nSPS) is 14.5. The van der Waals surface area contributed by atoms with Crippen molar-refractivity contribution in [2.75, 3.05) is 13.1 Å². The van der Waals surface area contributed by atoms with E-state index in [1.54, 1.807) is 24.3 Å². The van der Waals surface area contributed by atoms with Gasteiger partial charge in [-0.2, -0.15) is 0 Å². The van der Waals surface area contributed by atoms with Crippen molar-refractivity contribution in [3.05, 3.63) is 101 Å². The molecule has 1 N–H and O–H groups in total. The molecule has 1 atom stereocenters. The van der Waals surface area contributed by atoms with Crippen LogP contribution in [0.4, 0.5) is 4.39 Å². The highest BCUT2D eigenvalue weighted by molar-refractivity contribution is 7.90. The van der Waals surface area contributed by atoms with Gasteiger partial charge in [-0.25, -0.2) is 17.1 Å². The second kappa shape index (κ2) is 13.1. The molecule has 0 saturated heterocycles. The minimum Gasteiger partial charge on any atom is -0.354 e. The Kier molecular flexibility index (Phi) is 9.54. The lowest BCUT2D eigenvalue weighted by molar-refractivity contribution is -0.141. The van der Waals surface area contributed by atoms with Crippen molar-refractivity contribution < 1.29 is 27.2 Å². The Hall–Kier alpha value is -4.05. The lowest BCUT2D eigenvalue weighted by atomic mass is 10.0. The van der Waals surface area contributed by atoms with Crippen molar-refractivity contribution in [3.8, 4) is 0 Å². The molecule has 8 nitrogen and oxygen atoms in total. The van der Waals surface area contributed by atoms with Crippen LogP contribution < -0.4 is 5.32 Å². The van der Waals surface area contributed by atoms with E-state index in [0.29, 0.717) is 12.1 Å². The fraction of sp³-hybridized carbons (Fsp3) is 0.323. The van der Waals surface area contributed by atoms with Gasteiger partial charge in [-0.15, -0.1) is 0 Å². The Morgan fingerprint density at radius 3 is 2.24 bits per heavy atom. The van der Waals surface area contributed by atoms with E-state index in [9.17, 15) is 27.2 Å². The summed E-state index contributed by atoms with van der Waals surface area (Å²) in [4.78, 5) is 41.4. The van der Waals surface area contributed by atoms with Gasteiger partial charge in [0.15, 0.2) is 0 Å². The van der Waals surface area contributed by atoms with E-state index in [1.165, 1.54) is 29.2 Å². The van der Waals surface area contributed by atoms with Crippen molar-refractivity contribution in [1.29, 1.82) is 0 Å². The molecule has 0 radical (unpaired) electrons. The molecule has 0 aromatic heterocycles. The molecule has 4 rings (SSSR count). The summed E-state index contributed by atoms with van der Waals surface area (Å²) in [5.74, 6) is -1.53. The molecule has 1 aliphatic heterocycles. The highest BCUT2D eigenvalue weighted by Crippen LogP contribution is 2.30. The van der Waals surface area contributed by atoms with Gasteiger partial charge in [-0.05, 0) is 47.7 Å². The van der Waals surface area contributed by atoms with Crippen LogP contribution in [0.5, 0.6) is 0 Å². The topological polar surface area (TPSA) is 104 Å². The third kappa shape index (κ3) is 7.18. The number of rotatable bonds is 12. The SMILES string of the molecule is CC(C)CNC(=O)[C@H](Cc1ccccc1)N(Cc1ccc(F)cc1)C(=O)CCCN1C(=O)c2ccccc2S1(=O)=O. The van der Waals surface area contributed by atoms with E-state index < -0.39 is 27.8 Å². The number of hydrogen-bond donors (Lipinski definition) is 1. The lowest BCUT2D eigenvalue weighted by Gasteiger charge is -2.32. The first-order valence-electron chi connectivity index (χ1n) is 13.6. The smallest absolute Gasteiger partial charge is 0.269 e. The second-order valence-electron chi connectivity index (χ2n) is 10.5. The Balaban J connectivity index is 1.56. The number of fused-ring (bicyclic) bond motifs is 1. The van der Waals surface area contributed by atoms with Crippen LogP contribution in [-0.4, -0.2) is 54.5 Å². The Morgan fingerprint density at radius 2 is 1.59 bits per heavy atom. The highest BCUT2D eigenvalue weighted by atomic mass is 32.2. The first kappa shape index (κ1) is 29.9. The largest absolute Gasteiger partial charge is 0.354 e. The predicted octanol–water partition coefficient (Wildman–Crippen LogP) is 4.16. The first-order valence-corrected chi connectivity index (χ1v) is 15.0. The van der Waals surface area contributed by atoms with Gasteiger partial charge in [-0.3, -0.25) is 14.4 Å². The van der Waals surface area contributed by atoms with E-state index in [0.717, 1.165) is 9.87 Å². The summed E-state index contributed by atoms with van der Waals surface area (Å²) in [7, 11) is -3.99. The Bertz CT molecular complexity index is 1490. The number of nitrogens with zero attached hydrogens (tertiary/aromatic N) is 2. The summed E-state index contributed by atoms with van der Waals surface area (Å²) in [6, 6.07) is 20.2. The predicted molar refractivity (Wildman–Crippen MR) is 153 cm³/mol. The van der Waals surface area contributed by atoms with E-state index in [-0.39, 0.29) is 60.5 Å². The van der Waals surface area contributed by atoms with Gasteiger partial charge in [-0.1, -0.05) is 68.4 Å². The van der Waals surface area contributed by atoms with Crippen molar-refractivity contribution in [3.63, 3.8) is 0 Å². The van der Waals surface area contributed by atoms with Gasteiger partial charge in [0.2, 0.25) is 11.8 Å². The Morgan fingerprint density at radius 1 is 0.927 bits per heavy atom. The summed E-state index contributed by atoms with van der Waals surface area (Å²) < 4.78 is 40.3. The minimum absolute atomic E-state index is 0.0426. The van der Waals surface area contributed by atoms with Crippen molar-refractivity contribution in [2.45, 2.75) is 50.6 Å². The fourth-order valence-electron chi connectivity index (χ4n) is 4.73. The van der Waals surface area contributed by atoms with E-state index in [1.807, 2.05) is 44.2 Å². The summed E-state index contributed by atoms with van der Waals surface area (Å²) >= 11 is 0. The van der Waals surface area contributed by atoms with Crippen LogP contribution in [0, 0.1) is 11.7 Å². The number of carbonyl (C=O) groups is 3. The molecule has 3 aromatic rings. The summed E-state index contributed by atoms with van der Waals surface area (Å²) in [5, 5.41) is 2.94. The van der Waals surface area contributed by atoms with Gasteiger partial charge in [0, 0.05) is 32.5 Å². The van der Waals surface area contributed by atoms with Gasteiger partial charge in [0.1, 0.15) is 16.8 Å². The van der Waals surface area contributed by atoms with Crippen LogP contribution in [0.1, 0.15) is 48.2 Å². The molecule has 41 heavy (non-hydrogen) atoms. The van der Waals surface area contributed by atoms with Gasteiger partial charge >= 0.3 is 0 Å². The van der Waals surface area contributed by atoms with Crippen molar-refractivity contribution in [2.24, 2.45) is 5.92 Å². The molecule has 216 valence electrons. The van der Waals surface area contributed by atoms with Crippen LogP contribution in [0.15, 0.2) is 83.8 Å². The molecule has 1 heterocycles.